The van der Waals surface area contributed by atoms with E-state index in [1.807, 2.05) is 0 Å². The van der Waals surface area contributed by atoms with Gasteiger partial charge in [0.15, 0.2) is 0 Å². The van der Waals surface area contributed by atoms with Gasteiger partial charge in [0.05, 0.1) is 0 Å². The molecule has 0 fully saturated rings. The van der Waals surface area contributed by atoms with Gasteiger partial charge in [-0.05, 0) is 31.6 Å². The fraction of sp³-hybridized carbons (Fsp3) is 1.00. The molecule has 0 aromatic carbocycles. The van der Waals surface area contributed by atoms with Crippen molar-refractivity contribution in [2.45, 2.75) is 39.7 Å². The van der Waals surface area contributed by atoms with Crippen LogP contribution in [0.1, 0.15) is 33.6 Å². The van der Waals surface area contributed by atoms with Crippen LogP contribution in [-0.4, -0.2) is 30.3 Å². The van der Waals surface area contributed by atoms with Crippen molar-refractivity contribution in [3.8, 4) is 0 Å². The van der Waals surface area contributed by atoms with Crippen LogP contribution >= 0.6 is 12.6 Å². The Morgan fingerprint density at radius 1 is 1.25 bits per heavy atom. The first-order valence-corrected chi connectivity index (χ1v) is 5.59. The Labute approximate surface area is 82.9 Å². The number of nitrogens with zero attached hydrogens (tertiary/aromatic N) is 1. The Morgan fingerprint density at radius 3 is 2.08 bits per heavy atom. The minimum absolute atomic E-state index is 0.707. The fourth-order valence-corrected chi connectivity index (χ4v) is 1.73. The van der Waals surface area contributed by atoms with E-state index in [9.17, 15) is 0 Å². The van der Waals surface area contributed by atoms with Crippen molar-refractivity contribution >= 4 is 12.6 Å². The average molecular weight is 189 g/mol. The molecule has 2 heteroatoms. The van der Waals surface area contributed by atoms with Crippen LogP contribution < -0.4 is 0 Å². The summed E-state index contributed by atoms with van der Waals surface area (Å²) < 4.78 is 0. The van der Waals surface area contributed by atoms with Crippen LogP contribution in [0.3, 0.4) is 0 Å². The molecule has 1 unspecified atom stereocenters. The molecule has 0 radical (unpaired) electrons. The molecule has 0 spiro atoms. The minimum Gasteiger partial charge on any atom is -0.303 e. The number of hydrogen-bond donors (Lipinski definition) is 1. The molecule has 0 amide bonds. The van der Waals surface area contributed by atoms with E-state index < -0.39 is 0 Å². The Kier molecular flexibility index (Phi) is 6.96. The predicted octanol–water partition coefficient (Wildman–Crippen LogP) is 2.67. The van der Waals surface area contributed by atoms with Gasteiger partial charge in [-0.2, -0.15) is 12.6 Å². The SMILES string of the molecule is CCC(CC)N(C)CC(C)CS. The third kappa shape index (κ3) is 4.36. The van der Waals surface area contributed by atoms with Crippen LogP contribution in [0.5, 0.6) is 0 Å². The molecule has 0 aromatic heterocycles. The monoisotopic (exact) mass is 189 g/mol. The second-order valence-electron chi connectivity index (χ2n) is 3.70. The second-order valence-corrected chi connectivity index (χ2v) is 4.06. The Morgan fingerprint density at radius 2 is 1.75 bits per heavy atom. The van der Waals surface area contributed by atoms with Crippen molar-refractivity contribution in [2.24, 2.45) is 5.92 Å². The van der Waals surface area contributed by atoms with Crippen LogP contribution in [-0.2, 0) is 0 Å². The van der Waals surface area contributed by atoms with Gasteiger partial charge in [-0.15, -0.1) is 0 Å². The average Bonchev–Trinajstić information content (AvgIpc) is 2.06. The lowest BCUT2D eigenvalue weighted by atomic mass is 10.1. The van der Waals surface area contributed by atoms with Gasteiger partial charge in [0.2, 0.25) is 0 Å². The smallest absolute Gasteiger partial charge is 0.00870 e. The van der Waals surface area contributed by atoms with Crippen molar-refractivity contribution in [3.63, 3.8) is 0 Å². The Balaban J connectivity index is 3.75. The molecule has 0 saturated heterocycles. The van der Waals surface area contributed by atoms with E-state index >= 15 is 0 Å². The first-order valence-electron chi connectivity index (χ1n) is 4.96. The molecular weight excluding hydrogens is 166 g/mol. The lowest BCUT2D eigenvalue weighted by Gasteiger charge is -2.28. The van der Waals surface area contributed by atoms with Gasteiger partial charge in [-0.1, -0.05) is 20.8 Å². The zero-order chi connectivity index (χ0) is 9.56. The molecule has 0 aliphatic rings. The maximum atomic E-state index is 4.29. The summed E-state index contributed by atoms with van der Waals surface area (Å²) in [6.45, 7) is 7.95. The van der Waals surface area contributed by atoms with Gasteiger partial charge in [-0.3, -0.25) is 0 Å². The molecule has 0 aromatic rings. The Hall–Kier alpha value is 0.310. The van der Waals surface area contributed by atoms with Crippen LogP contribution in [0.15, 0.2) is 0 Å². The van der Waals surface area contributed by atoms with Crippen LogP contribution in [0, 0.1) is 5.92 Å². The fourth-order valence-electron chi connectivity index (χ4n) is 1.61. The van der Waals surface area contributed by atoms with Crippen LogP contribution in [0.2, 0.25) is 0 Å². The van der Waals surface area contributed by atoms with E-state index in [0.29, 0.717) is 5.92 Å². The molecule has 0 aliphatic carbocycles. The van der Waals surface area contributed by atoms with E-state index in [-0.39, 0.29) is 0 Å². The highest BCUT2D eigenvalue weighted by Gasteiger charge is 2.12. The zero-order valence-corrected chi connectivity index (χ0v) is 9.77. The van der Waals surface area contributed by atoms with Crippen molar-refractivity contribution in [3.05, 3.63) is 0 Å². The van der Waals surface area contributed by atoms with Gasteiger partial charge in [0.1, 0.15) is 0 Å². The summed E-state index contributed by atoms with van der Waals surface area (Å²) in [5.41, 5.74) is 0. The van der Waals surface area contributed by atoms with Crippen LogP contribution in [0.25, 0.3) is 0 Å². The van der Waals surface area contributed by atoms with E-state index in [2.05, 4.69) is 45.3 Å². The summed E-state index contributed by atoms with van der Waals surface area (Å²) >= 11 is 4.29. The van der Waals surface area contributed by atoms with Gasteiger partial charge in [-0.25, -0.2) is 0 Å². The molecule has 0 saturated carbocycles. The largest absolute Gasteiger partial charge is 0.303 e. The summed E-state index contributed by atoms with van der Waals surface area (Å²) in [5.74, 6) is 1.70. The van der Waals surface area contributed by atoms with E-state index in [4.69, 9.17) is 0 Å². The van der Waals surface area contributed by atoms with Crippen LogP contribution in [0.4, 0.5) is 0 Å². The third-order valence-electron chi connectivity index (χ3n) is 2.48. The highest BCUT2D eigenvalue weighted by atomic mass is 32.1. The number of hydrogen-bond acceptors (Lipinski definition) is 2. The number of rotatable bonds is 6. The lowest BCUT2D eigenvalue weighted by molar-refractivity contribution is 0.208. The summed E-state index contributed by atoms with van der Waals surface area (Å²) in [6, 6.07) is 0.757. The van der Waals surface area contributed by atoms with Crippen molar-refractivity contribution in [1.29, 1.82) is 0 Å². The molecule has 0 N–H and O–H groups in total. The molecule has 1 atom stereocenters. The van der Waals surface area contributed by atoms with Gasteiger partial charge in [0.25, 0.3) is 0 Å². The molecule has 74 valence electrons. The molecule has 12 heavy (non-hydrogen) atoms. The standard InChI is InChI=1S/C10H23NS/c1-5-10(6-2)11(4)7-9(3)8-12/h9-10,12H,5-8H2,1-4H3. The summed E-state index contributed by atoms with van der Waals surface area (Å²) in [7, 11) is 2.22. The van der Waals surface area contributed by atoms with Crippen molar-refractivity contribution < 1.29 is 0 Å². The second kappa shape index (κ2) is 6.79. The molecular formula is C10H23NS. The van der Waals surface area contributed by atoms with Crippen molar-refractivity contribution in [1.82, 2.24) is 4.90 Å². The quantitative estimate of drug-likeness (QED) is 0.629. The maximum absolute atomic E-state index is 4.29. The molecule has 0 aliphatic heterocycles. The first-order chi connectivity index (χ1) is 5.65. The zero-order valence-electron chi connectivity index (χ0n) is 8.88. The summed E-state index contributed by atoms with van der Waals surface area (Å²) in [5, 5.41) is 0. The van der Waals surface area contributed by atoms with Gasteiger partial charge >= 0.3 is 0 Å². The highest BCUT2D eigenvalue weighted by molar-refractivity contribution is 7.80. The lowest BCUT2D eigenvalue weighted by Crippen LogP contribution is -2.34. The molecule has 1 nitrogen and oxygen atoms in total. The number of thiol groups is 1. The van der Waals surface area contributed by atoms with E-state index in [1.54, 1.807) is 0 Å². The normalized spacial score (nSPS) is 14.2. The summed E-state index contributed by atoms with van der Waals surface area (Å²) in [4.78, 5) is 2.46. The summed E-state index contributed by atoms with van der Waals surface area (Å²) in [6.07, 6.45) is 2.51. The topological polar surface area (TPSA) is 3.24 Å². The van der Waals surface area contributed by atoms with Gasteiger partial charge in [0, 0.05) is 12.6 Å². The van der Waals surface area contributed by atoms with E-state index in [0.717, 1.165) is 11.8 Å². The Bertz CT molecular complexity index is 102. The molecule has 0 rings (SSSR count). The highest BCUT2D eigenvalue weighted by Crippen LogP contribution is 2.09. The maximum Gasteiger partial charge on any atom is 0.00870 e. The third-order valence-corrected chi connectivity index (χ3v) is 3.10. The minimum atomic E-state index is 0.707. The molecule has 0 heterocycles. The first kappa shape index (κ1) is 12.3. The van der Waals surface area contributed by atoms with Crippen molar-refractivity contribution in [2.75, 3.05) is 19.3 Å². The molecule has 0 bridgehead atoms. The van der Waals surface area contributed by atoms with E-state index in [1.165, 1.54) is 19.4 Å². The van der Waals surface area contributed by atoms with Gasteiger partial charge < -0.3 is 4.90 Å². The predicted molar refractivity (Wildman–Crippen MR) is 60.0 cm³/mol.